The molecular weight excluding hydrogens is 327 g/mol. The minimum Gasteiger partial charge on any atom is -0.193 e. The van der Waals surface area contributed by atoms with Crippen molar-refractivity contribution in [3.63, 3.8) is 0 Å². The molecule has 0 spiro atoms. The van der Waals surface area contributed by atoms with Crippen molar-refractivity contribution in [2.75, 3.05) is 0 Å². The van der Waals surface area contributed by atoms with Crippen LogP contribution in [-0.2, 0) is 23.9 Å². The monoisotopic (exact) mass is 337 g/mol. The van der Waals surface area contributed by atoms with Gasteiger partial charge in [0.15, 0.2) is 0 Å². The van der Waals surface area contributed by atoms with Crippen LogP contribution in [0.4, 0.5) is 0 Å². The maximum atomic E-state index is 11.8. The molecular formula is C12H10KO5S2. The summed E-state index contributed by atoms with van der Waals surface area (Å²) in [5, 5.41) is 0. The van der Waals surface area contributed by atoms with E-state index in [1.54, 1.807) is 12.1 Å². The van der Waals surface area contributed by atoms with E-state index >= 15 is 0 Å². The van der Waals surface area contributed by atoms with Gasteiger partial charge in [-0.05, 0) is 24.3 Å². The Morgan fingerprint density at radius 1 is 0.600 bits per heavy atom. The van der Waals surface area contributed by atoms with Crippen LogP contribution in [0.15, 0.2) is 70.5 Å². The average molecular weight is 337 g/mol. The van der Waals surface area contributed by atoms with Crippen molar-refractivity contribution in [1.82, 2.24) is 0 Å². The van der Waals surface area contributed by atoms with E-state index in [1.807, 2.05) is 0 Å². The smallest absolute Gasteiger partial charge is 0.193 e. The Bertz CT molecular complexity index is 689. The van der Waals surface area contributed by atoms with Gasteiger partial charge in [-0.1, -0.05) is 36.4 Å². The average Bonchev–Trinajstić information content (AvgIpc) is 2.40. The van der Waals surface area contributed by atoms with Gasteiger partial charge < -0.3 is 0 Å². The summed E-state index contributed by atoms with van der Waals surface area (Å²) in [5.41, 5.74) is 0. The molecule has 8 heteroatoms. The Morgan fingerprint density at radius 3 is 1.20 bits per heavy atom. The topological polar surface area (TPSA) is 77.5 Å². The third-order valence-corrected chi connectivity index (χ3v) is 5.38. The molecule has 5 nitrogen and oxygen atoms in total. The number of benzene rings is 2. The van der Waals surface area contributed by atoms with Gasteiger partial charge in [0, 0.05) is 51.4 Å². The molecule has 0 atom stereocenters. The molecule has 0 amide bonds. The molecule has 0 aliphatic rings. The molecule has 20 heavy (non-hydrogen) atoms. The van der Waals surface area contributed by atoms with Gasteiger partial charge in [0.25, 0.3) is 0 Å². The molecule has 0 heterocycles. The molecule has 0 unspecified atom stereocenters. The fourth-order valence-electron chi connectivity index (χ4n) is 1.37. The summed E-state index contributed by atoms with van der Waals surface area (Å²) in [6.45, 7) is 0. The maximum absolute atomic E-state index is 11.8. The van der Waals surface area contributed by atoms with E-state index in [1.165, 1.54) is 48.5 Å². The number of hydrogen-bond donors (Lipinski definition) is 0. The second kappa shape index (κ2) is 7.28. The van der Waals surface area contributed by atoms with Crippen LogP contribution in [0.3, 0.4) is 0 Å². The first-order valence-corrected chi connectivity index (χ1v) is 8.05. The molecule has 2 rings (SSSR count). The molecule has 0 bridgehead atoms. The summed E-state index contributed by atoms with van der Waals surface area (Å²) in [7, 11) is -8.71. The van der Waals surface area contributed by atoms with Gasteiger partial charge in [-0.2, -0.15) is 16.8 Å². The molecule has 1 radical (unpaired) electrons. The summed E-state index contributed by atoms with van der Waals surface area (Å²) in [4.78, 5) is -0.427. The summed E-state index contributed by atoms with van der Waals surface area (Å²) >= 11 is 0. The standard InChI is InChI=1S/C12H10O5S2.K/c13-18(14,11-7-3-1-4-8-11)17-19(15,16)12-9-5-2-6-10-12;/h1-10H;. The van der Waals surface area contributed by atoms with Crippen molar-refractivity contribution in [1.29, 1.82) is 0 Å². The predicted octanol–water partition coefficient (Wildman–Crippen LogP) is 1.40. The van der Waals surface area contributed by atoms with Crippen molar-refractivity contribution < 1.29 is 20.5 Å². The molecule has 0 N–H and O–H groups in total. The Labute approximate surface area is 160 Å². The first kappa shape index (κ1) is 18.0. The Kier molecular flexibility index (Phi) is 6.54. The molecule has 0 saturated carbocycles. The first-order valence-electron chi connectivity index (χ1n) is 5.23. The summed E-state index contributed by atoms with van der Waals surface area (Å²) < 4.78 is 51.6. The van der Waals surface area contributed by atoms with Crippen LogP contribution in [0.25, 0.3) is 0 Å². The molecule has 101 valence electrons. The summed E-state index contributed by atoms with van der Waals surface area (Å²) in [6, 6.07) is 14.2. The third kappa shape index (κ3) is 4.47. The SMILES string of the molecule is O=S(=O)(OS(=O)(=O)c1ccccc1)c1ccccc1.[K]. The van der Waals surface area contributed by atoms with E-state index in [0.29, 0.717) is 0 Å². The zero-order valence-electron chi connectivity index (χ0n) is 10.6. The Balaban J connectivity index is 0.00000200. The van der Waals surface area contributed by atoms with Gasteiger partial charge in [0.2, 0.25) is 0 Å². The van der Waals surface area contributed by atoms with E-state index < -0.39 is 20.2 Å². The van der Waals surface area contributed by atoms with E-state index in [0.717, 1.165) is 0 Å². The van der Waals surface area contributed by atoms with Crippen molar-refractivity contribution in [3.05, 3.63) is 60.7 Å². The maximum Gasteiger partial charge on any atom is 0.311 e. The Morgan fingerprint density at radius 2 is 0.900 bits per heavy atom. The van der Waals surface area contributed by atoms with Gasteiger partial charge in [-0.25, -0.2) is 0 Å². The van der Waals surface area contributed by atoms with Gasteiger partial charge >= 0.3 is 20.2 Å². The van der Waals surface area contributed by atoms with Gasteiger partial charge in [0.05, 0.1) is 9.79 Å². The van der Waals surface area contributed by atoms with Crippen molar-refractivity contribution in [2.24, 2.45) is 0 Å². The minimum atomic E-state index is -4.35. The van der Waals surface area contributed by atoms with Crippen LogP contribution in [0.1, 0.15) is 0 Å². The fourth-order valence-corrected chi connectivity index (χ4v) is 3.92. The number of hydrogen-bond acceptors (Lipinski definition) is 5. The number of rotatable bonds is 4. The second-order valence-electron chi connectivity index (χ2n) is 3.60. The van der Waals surface area contributed by atoms with Crippen LogP contribution in [0.2, 0.25) is 0 Å². The fraction of sp³-hybridized carbons (Fsp3) is 0. The van der Waals surface area contributed by atoms with E-state index in [-0.39, 0.29) is 61.2 Å². The van der Waals surface area contributed by atoms with E-state index in [2.05, 4.69) is 3.63 Å². The molecule has 0 saturated heterocycles. The summed E-state index contributed by atoms with van der Waals surface area (Å²) in [6.07, 6.45) is 0. The zero-order valence-corrected chi connectivity index (χ0v) is 15.4. The molecule has 0 aliphatic carbocycles. The van der Waals surface area contributed by atoms with Crippen molar-refractivity contribution >= 4 is 71.6 Å². The normalized spacial score (nSPS) is 11.6. The quantitative estimate of drug-likeness (QED) is 0.788. The zero-order chi connectivity index (χ0) is 13.9. The van der Waals surface area contributed by atoms with Crippen LogP contribution in [-0.4, -0.2) is 68.2 Å². The Hall–Kier alpha value is -0.0636. The van der Waals surface area contributed by atoms with Gasteiger partial charge in [0.1, 0.15) is 0 Å². The molecule has 0 aromatic heterocycles. The molecule has 0 aliphatic heterocycles. The molecule has 2 aromatic rings. The van der Waals surface area contributed by atoms with Gasteiger partial charge in [-0.3, -0.25) is 0 Å². The second-order valence-corrected chi connectivity index (χ2v) is 6.91. The van der Waals surface area contributed by atoms with Crippen LogP contribution >= 0.6 is 0 Å². The third-order valence-electron chi connectivity index (χ3n) is 2.24. The van der Waals surface area contributed by atoms with Gasteiger partial charge in [-0.15, -0.1) is 3.63 Å². The molecule has 0 fully saturated rings. The van der Waals surface area contributed by atoms with Crippen LogP contribution in [0, 0.1) is 0 Å². The summed E-state index contributed by atoms with van der Waals surface area (Å²) in [5.74, 6) is 0. The molecule has 2 aromatic carbocycles. The predicted molar refractivity (Wildman–Crippen MR) is 74.1 cm³/mol. The van der Waals surface area contributed by atoms with Crippen molar-refractivity contribution in [3.8, 4) is 0 Å². The van der Waals surface area contributed by atoms with Crippen LogP contribution < -0.4 is 0 Å². The first-order chi connectivity index (χ1) is 8.92. The van der Waals surface area contributed by atoms with Crippen LogP contribution in [0.5, 0.6) is 0 Å². The minimum absolute atomic E-state index is 0. The van der Waals surface area contributed by atoms with E-state index in [9.17, 15) is 16.8 Å². The largest absolute Gasteiger partial charge is 0.311 e. The van der Waals surface area contributed by atoms with E-state index in [4.69, 9.17) is 0 Å². The van der Waals surface area contributed by atoms with Crippen molar-refractivity contribution in [2.45, 2.75) is 9.79 Å².